The normalized spacial score (nSPS) is 11.1. The molecule has 0 fully saturated rings. The number of hydrogen-bond acceptors (Lipinski definition) is 5. The highest BCUT2D eigenvalue weighted by Crippen LogP contribution is 2.30. The number of benzene rings is 2. The van der Waals surface area contributed by atoms with E-state index >= 15 is 0 Å². The molecule has 2 aromatic carbocycles. The molecule has 1 atom stereocenters. The van der Waals surface area contributed by atoms with Crippen molar-refractivity contribution >= 4 is 35.3 Å². The van der Waals surface area contributed by atoms with Gasteiger partial charge in [-0.15, -0.1) is 0 Å². The van der Waals surface area contributed by atoms with Gasteiger partial charge in [0.25, 0.3) is 11.5 Å². The number of aromatic amines is 1. The topological polar surface area (TPSA) is 109 Å². The van der Waals surface area contributed by atoms with E-state index in [0.29, 0.717) is 16.5 Å². The van der Waals surface area contributed by atoms with Gasteiger partial charge in [0, 0.05) is 21.7 Å². The fraction of sp³-hybridized carbons (Fsp3) is 0.227. The zero-order valence-corrected chi connectivity index (χ0v) is 18.1. The Hall–Kier alpha value is -3.12. The largest absolute Gasteiger partial charge is 0.373 e. The Kier molecular flexibility index (Phi) is 9.28. The minimum atomic E-state index is -0.438. The minimum Gasteiger partial charge on any atom is -0.373 e. The van der Waals surface area contributed by atoms with Gasteiger partial charge in [0.05, 0.1) is 6.07 Å². The zero-order valence-electron chi connectivity index (χ0n) is 16.6. The highest BCUT2D eigenvalue weighted by Gasteiger charge is 2.17. The molecule has 9 heteroatoms. The summed E-state index contributed by atoms with van der Waals surface area (Å²) in [6.45, 7) is 2.06. The van der Waals surface area contributed by atoms with Crippen LogP contribution in [-0.4, -0.2) is 23.3 Å². The van der Waals surface area contributed by atoms with Crippen molar-refractivity contribution in [2.75, 3.05) is 0 Å². The molecule has 0 saturated carbocycles. The molecule has 3 rings (SSSR count). The first-order chi connectivity index (χ1) is 14.9. The molecule has 0 aliphatic rings. The number of hydrogen-bond donors (Lipinski definition) is 2. The van der Waals surface area contributed by atoms with E-state index in [1.54, 1.807) is 12.1 Å². The van der Waals surface area contributed by atoms with Crippen LogP contribution in [0.4, 0.5) is 0 Å². The highest BCUT2D eigenvalue weighted by atomic mass is 35.5. The Morgan fingerprint density at radius 1 is 1.13 bits per heavy atom. The van der Waals surface area contributed by atoms with Gasteiger partial charge >= 0.3 is 6.15 Å². The maximum atomic E-state index is 12.3. The Morgan fingerprint density at radius 3 is 2.39 bits per heavy atom. The number of rotatable bonds is 7. The van der Waals surface area contributed by atoms with E-state index in [-0.39, 0.29) is 18.0 Å². The summed E-state index contributed by atoms with van der Waals surface area (Å²) in [6.07, 6.45) is 2.64. The standard InChI is InChI=1S/C21H20Cl2N2O3.CO2/c1-2-3-16(24-21(27)19-12-20(26)25-28-19)10-13-4-6-14(7-5-13)17-11-15(22)8-9-18(17)23;2-1-3/h4-9,11-12,16H,2-3,10H2,1H3,(H,24,27)(H,25,26);/t16-;/m0./s1. The zero-order chi connectivity index (χ0) is 22.8. The second kappa shape index (κ2) is 11.9. The van der Waals surface area contributed by atoms with Gasteiger partial charge < -0.3 is 9.84 Å². The van der Waals surface area contributed by atoms with Crippen LogP contribution in [0.15, 0.2) is 57.8 Å². The van der Waals surface area contributed by atoms with Gasteiger partial charge in [-0.05, 0) is 42.2 Å². The number of H-pyrrole nitrogens is 1. The summed E-state index contributed by atoms with van der Waals surface area (Å²) in [5.74, 6) is -0.420. The quantitative estimate of drug-likeness (QED) is 0.536. The summed E-state index contributed by atoms with van der Waals surface area (Å²) in [7, 11) is 0. The van der Waals surface area contributed by atoms with E-state index in [1.807, 2.05) is 30.3 Å². The van der Waals surface area contributed by atoms with Crippen LogP contribution in [0, 0.1) is 0 Å². The lowest BCUT2D eigenvalue weighted by molar-refractivity contribution is -0.191. The molecule has 162 valence electrons. The molecular formula is C22H20Cl2N2O5. The van der Waals surface area contributed by atoms with Gasteiger partial charge in [-0.1, -0.05) is 60.8 Å². The van der Waals surface area contributed by atoms with E-state index in [0.717, 1.165) is 35.6 Å². The van der Waals surface area contributed by atoms with Crippen LogP contribution in [0.2, 0.25) is 10.0 Å². The smallest absolute Gasteiger partial charge is 0.373 e. The molecule has 0 aliphatic carbocycles. The van der Waals surface area contributed by atoms with Crippen molar-refractivity contribution in [2.45, 2.75) is 32.2 Å². The average Bonchev–Trinajstić information content (AvgIpc) is 3.18. The van der Waals surface area contributed by atoms with Crippen LogP contribution in [0.25, 0.3) is 11.1 Å². The predicted molar refractivity (Wildman–Crippen MR) is 116 cm³/mol. The van der Waals surface area contributed by atoms with Crippen molar-refractivity contribution in [3.8, 4) is 11.1 Å². The third-order valence-electron chi connectivity index (χ3n) is 4.40. The molecule has 0 saturated heterocycles. The monoisotopic (exact) mass is 462 g/mol. The van der Waals surface area contributed by atoms with E-state index in [2.05, 4.69) is 17.4 Å². The van der Waals surface area contributed by atoms with Crippen LogP contribution in [0.1, 0.15) is 35.9 Å². The van der Waals surface area contributed by atoms with Crippen LogP contribution >= 0.6 is 23.2 Å². The van der Waals surface area contributed by atoms with Crippen LogP contribution in [-0.2, 0) is 16.0 Å². The minimum absolute atomic E-state index is 0.0166. The van der Waals surface area contributed by atoms with Crippen molar-refractivity contribution in [3.63, 3.8) is 0 Å². The number of aromatic nitrogens is 1. The maximum absolute atomic E-state index is 12.3. The number of halogens is 2. The molecule has 1 heterocycles. The lowest BCUT2D eigenvalue weighted by Crippen LogP contribution is -2.36. The number of nitrogens with one attached hydrogen (secondary N) is 2. The first-order valence-electron chi connectivity index (χ1n) is 9.41. The predicted octanol–water partition coefficient (Wildman–Crippen LogP) is 4.50. The summed E-state index contributed by atoms with van der Waals surface area (Å²) in [4.78, 5) is 39.6. The van der Waals surface area contributed by atoms with Crippen molar-refractivity contribution in [2.24, 2.45) is 0 Å². The molecule has 1 aromatic heterocycles. The summed E-state index contributed by atoms with van der Waals surface area (Å²) in [6, 6.07) is 14.4. The number of amides is 1. The van der Waals surface area contributed by atoms with Crippen LogP contribution in [0.5, 0.6) is 0 Å². The summed E-state index contributed by atoms with van der Waals surface area (Å²) in [5, 5.41) is 6.32. The first kappa shape index (κ1) is 24.2. The summed E-state index contributed by atoms with van der Waals surface area (Å²) >= 11 is 12.3. The number of carbonyl (C=O) groups is 1. The fourth-order valence-electron chi connectivity index (χ4n) is 3.05. The van der Waals surface area contributed by atoms with E-state index in [4.69, 9.17) is 37.3 Å². The third-order valence-corrected chi connectivity index (χ3v) is 4.96. The van der Waals surface area contributed by atoms with Gasteiger partial charge in [-0.2, -0.15) is 14.7 Å². The number of carbonyl (C=O) groups excluding carboxylic acids is 3. The molecule has 0 spiro atoms. The fourth-order valence-corrected chi connectivity index (χ4v) is 3.45. The Balaban J connectivity index is 0.00000107. The Morgan fingerprint density at radius 2 is 1.81 bits per heavy atom. The molecule has 2 N–H and O–H groups in total. The van der Waals surface area contributed by atoms with Crippen molar-refractivity contribution in [3.05, 3.63) is 80.3 Å². The molecule has 0 unspecified atom stereocenters. The average molecular weight is 463 g/mol. The van der Waals surface area contributed by atoms with Gasteiger partial charge in [0.15, 0.2) is 0 Å². The van der Waals surface area contributed by atoms with Crippen molar-refractivity contribution in [1.82, 2.24) is 10.5 Å². The molecule has 0 bridgehead atoms. The second-order valence-electron chi connectivity index (χ2n) is 6.64. The second-order valence-corrected chi connectivity index (χ2v) is 7.49. The van der Waals surface area contributed by atoms with E-state index in [1.165, 1.54) is 0 Å². The van der Waals surface area contributed by atoms with Gasteiger partial charge in [-0.25, -0.2) is 0 Å². The molecule has 0 radical (unpaired) electrons. The van der Waals surface area contributed by atoms with E-state index < -0.39 is 11.5 Å². The van der Waals surface area contributed by atoms with Crippen molar-refractivity contribution in [1.29, 1.82) is 0 Å². The molecule has 1 amide bonds. The first-order valence-corrected chi connectivity index (χ1v) is 10.2. The van der Waals surface area contributed by atoms with Crippen LogP contribution < -0.4 is 10.9 Å². The van der Waals surface area contributed by atoms with Gasteiger partial charge in [0.2, 0.25) is 5.76 Å². The SMILES string of the molecule is CCC[C@@H](Cc1ccc(-c2cc(Cl)ccc2Cl)cc1)NC(=O)c1cc(=O)[nH]o1.O=C=O. The van der Waals surface area contributed by atoms with Crippen LogP contribution in [0.3, 0.4) is 0 Å². The van der Waals surface area contributed by atoms with E-state index in [9.17, 15) is 9.59 Å². The lowest BCUT2D eigenvalue weighted by atomic mass is 9.98. The molecule has 3 aromatic rings. The highest BCUT2D eigenvalue weighted by molar-refractivity contribution is 6.35. The van der Waals surface area contributed by atoms with Gasteiger partial charge in [0.1, 0.15) is 0 Å². The summed E-state index contributed by atoms with van der Waals surface area (Å²) in [5.41, 5.74) is 2.49. The maximum Gasteiger partial charge on any atom is 0.373 e. The van der Waals surface area contributed by atoms with Gasteiger partial charge in [-0.3, -0.25) is 9.59 Å². The third kappa shape index (κ3) is 7.26. The summed E-state index contributed by atoms with van der Waals surface area (Å²) < 4.78 is 4.87. The molecule has 31 heavy (non-hydrogen) atoms. The molecule has 7 nitrogen and oxygen atoms in total. The Labute approximate surface area is 188 Å². The van der Waals surface area contributed by atoms with Crippen molar-refractivity contribution < 1.29 is 18.9 Å². The molecule has 0 aliphatic heterocycles. The Bertz CT molecular complexity index is 1100. The lowest BCUT2D eigenvalue weighted by Gasteiger charge is -2.17. The molecular weight excluding hydrogens is 443 g/mol.